The standard InChI is InChI=1S/C12H16ClNO3/c1-7(6-15)8(2)14-12(17)10-4-3-9(13)5-11(10)16/h3-5,7-8,15-16H,6H2,1-2H3,(H,14,17)/t7-,8+/m0/s1. The zero-order chi connectivity index (χ0) is 13.0. The van der Waals surface area contributed by atoms with Gasteiger partial charge in [-0.3, -0.25) is 4.79 Å². The van der Waals surface area contributed by atoms with E-state index in [2.05, 4.69) is 5.32 Å². The van der Waals surface area contributed by atoms with Crippen molar-refractivity contribution in [2.24, 2.45) is 5.92 Å². The number of rotatable bonds is 4. The first-order valence-corrected chi connectivity index (χ1v) is 5.73. The Bertz CT molecular complexity index is 409. The molecular formula is C12H16ClNO3. The van der Waals surface area contributed by atoms with Crippen molar-refractivity contribution in [3.63, 3.8) is 0 Å². The molecule has 0 aliphatic heterocycles. The third-order valence-corrected chi connectivity index (χ3v) is 2.94. The molecule has 0 bridgehead atoms. The number of hydrogen-bond acceptors (Lipinski definition) is 3. The van der Waals surface area contributed by atoms with Crippen molar-refractivity contribution in [1.29, 1.82) is 0 Å². The Morgan fingerprint density at radius 2 is 2.12 bits per heavy atom. The number of benzene rings is 1. The van der Waals surface area contributed by atoms with Crippen LogP contribution in [0.2, 0.25) is 5.02 Å². The van der Waals surface area contributed by atoms with Gasteiger partial charge in [0.05, 0.1) is 5.56 Å². The van der Waals surface area contributed by atoms with Gasteiger partial charge in [-0.05, 0) is 31.0 Å². The highest BCUT2D eigenvalue weighted by atomic mass is 35.5. The maximum atomic E-state index is 11.8. The summed E-state index contributed by atoms with van der Waals surface area (Å²) in [5, 5.41) is 21.6. The second-order valence-corrected chi connectivity index (χ2v) is 4.52. The number of halogens is 1. The first kappa shape index (κ1) is 13.8. The van der Waals surface area contributed by atoms with E-state index in [9.17, 15) is 9.90 Å². The minimum Gasteiger partial charge on any atom is -0.507 e. The molecule has 1 amide bonds. The third kappa shape index (κ3) is 3.61. The van der Waals surface area contributed by atoms with Gasteiger partial charge in [0.1, 0.15) is 5.75 Å². The van der Waals surface area contributed by atoms with Crippen LogP contribution in [0.25, 0.3) is 0 Å². The summed E-state index contributed by atoms with van der Waals surface area (Å²) in [5.41, 5.74) is 0.173. The second-order valence-electron chi connectivity index (χ2n) is 4.08. The molecule has 94 valence electrons. The summed E-state index contributed by atoms with van der Waals surface area (Å²) in [6, 6.07) is 4.14. The Labute approximate surface area is 105 Å². The van der Waals surface area contributed by atoms with Crippen LogP contribution in [0.4, 0.5) is 0 Å². The van der Waals surface area contributed by atoms with Crippen LogP contribution in [0.5, 0.6) is 5.75 Å². The molecule has 0 saturated heterocycles. The number of aliphatic hydroxyl groups excluding tert-OH is 1. The molecule has 0 heterocycles. The van der Waals surface area contributed by atoms with Gasteiger partial charge in [0.15, 0.2) is 0 Å². The van der Waals surface area contributed by atoms with Crippen molar-refractivity contribution in [2.75, 3.05) is 6.61 Å². The maximum Gasteiger partial charge on any atom is 0.255 e. The van der Waals surface area contributed by atoms with Gasteiger partial charge in [0, 0.05) is 17.7 Å². The first-order chi connectivity index (χ1) is 7.95. The largest absolute Gasteiger partial charge is 0.507 e. The number of phenols is 1. The van der Waals surface area contributed by atoms with Crippen molar-refractivity contribution >= 4 is 17.5 Å². The summed E-state index contributed by atoms with van der Waals surface area (Å²) in [4.78, 5) is 11.8. The summed E-state index contributed by atoms with van der Waals surface area (Å²) in [5.74, 6) is -0.584. The maximum absolute atomic E-state index is 11.8. The molecule has 0 spiro atoms. The monoisotopic (exact) mass is 257 g/mol. The molecule has 17 heavy (non-hydrogen) atoms. The molecule has 1 aromatic carbocycles. The molecule has 0 aliphatic carbocycles. The summed E-state index contributed by atoms with van der Waals surface area (Å²) >= 11 is 5.68. The quantitative estimate of drug-likeness (QED) is 0.770. The second kappa shape index (κ2) is 5.89. The van der Waals surface area contributed by atoms with Crippen molar-refractivity contribution in [3.05, 3.63) is 28.8 Å². The van der Waals surface area contributed by atoms with Gasteiger partial charge in [0.2, 0.25) is 0 Å². The summed E-state index contributed by atoms with van der Waals surface area (Å²) < 4.78 is 0. The summed E-state index contributed by atoms with van der Waals surface area (Å²) in [6.07, 6.45) is 0. The minimum absolute atomic E-state index is 0.00591. The topological polar surface area (TPSA) is 69.6 Å². The van der Waals surface area contributed by atoms with E-state index in [0.29, 0.717) is 5.02 Å². The number of phenolic OH excluding ortho intramolecular Hbond substituents is 1. The Hall–Kier alpha value is -1.26. The van der Waals surface area contributed by atoms with Crippen LogP contribution in [0.1, 0.15) is 24.2 Å². The SMILES string of the molecule is C[C@@H](CO)[C@@H](C)NC(=O)c1ccc(Cl)cc1O. The van der Waals surface area contributed by atoms with Gasteiger partial charge in [-0.2, -0.15) is 0 Å². The number of nitrogens with one attached hydrogen (secondary N) is 1. The van der Waals surface area contributed by atoms with Crippen LogP contribution in [-0.2, 0) is 0 Å². The highest BCUT2D eigenvalue weighted by molar-refractivity contribution is 6.30. The first-order valence-electron chi connectivity index (χ1n) is 5.36. The molecule has 0 aromatic heterocycles. The Kier molecular flexibility index (Phi) is 4.78. The average Bonchev–Trinajstić information content (AvgIpc) is 2.27. The van der Waals surface area contributed by atoms with E-state index < -0.39 is 0 Å². The van der Waals surface area contributed by atoms with E-state index in [1.807, 2.05) is 6.92 Å². The van der Waals surface area contributed by atoms with Crippen LogP contribution in [0.15, 0.2) is 18.2 Å². The normalized spacial score (nSPS) is 14.1. The van der Waals surface area contributed by atoms with Crippen LogP contribution >= 0.6 is 11.6 Å². The lowest BCUT2D eigenvalue weighted by Gasteiger charge is -2.19. The molecule has 0 unspecified atom stereocenters. The van der Waals surface area contributed by atoms with Gasteiger partial charge in [-0.25, -0.2) is 0 Å². The molecule has 1 rings (SSSR count). The Morgan fingerprint density at radius 3 is 2.65 bits per heavy atom. The fraction of sp³-hybridized carbons (Fsp3) is 0.417. The molecule has 2 atom stereocenters. The van der Waals surface area contributed by atoms with Gasteiger partial charge in [-0.15, -0.1) is 0 Å². The number of amides is 1. The predicted molar refractivity (Wildman–Crippen MR) is 66.3 cm³/mol. The van der Waals surface area contributed by atoms with Crippen molar-refractivity contribution in [1.82, 2.24) is 5.32 Å². The Morgan fingerprint density at radius 1 is 1.47 bits per heavy atom. The molecule has 0 fully saturated rings. The molecular weight excluding hydrogens is 242 g/mol. The molecule has 5 heteroatoms. The van der Waals surface area contributed by atoms with Crippen molar-refractivity contribution < 1.29 is 15.0 Å². The van der Waals surface area contributed by atoms with E-state index in [1.54, 1.807) is 6.92 Å². The van der Waals surface area contributed by atoms with Gasteiger partial charge < -0.3 is 15.5 Å². The van der Waals surface area contributed by atoms with E-state index in [-0.39, 0.29) is 35.8 Å². The van der Waals surface area contributed by atoms with Crippen LogP contribution in [-0.4, -0.2) is 28.8 Å². The lowest BCUT2D eigenvalue weighted by Crippen LogP contribution is -2.38. The third-order valence-electron chi connectivity index (χ3n) is 2.70. The number of aliphatic hydroxyl groups is 1. The van der Waals surface area contributed by atoms with Gasteiger partial charge in [-0.1, -0.05) is 18.5 Å². The van der Waals surface area contributed by atoms with E-state index in [1.165, 1.54) is 18.2 Å². The van der Waals surface area contributed by atoms with E-state index >= 15 is 0 Å². The van der Waals surface area contributed by atoms with Crippen molar-refractivity contribution in [2.45, 2.75) is 19.9 Å². The lowest BCUT2D eigenvalue weighted by molar-refractivity contribution is 0.0913. The highest BCUT2D eigenvalue weighted by Crippen LogP contribution is 2.21. The van der Waals surface area contributed by atoms with Gasteiger partial charge >= 0.3 is 0 Å². The fourth-order valence-electron chi connectivity index (χ4n) is 1.28. The van der Waals surface area contributed by atoms with Crippen molar-refractivity contribution in [3.8, 4) is 5.75 Å². The zero-order valence-electron chi connectivity index (χ0n) is 9.77. The van der Waals surface area contributed by atoms with E-state index in [4.69, 9.17) is 16.7 Å². The molecule has 0 saturated carbocycles. The number of hydrogen-bond donors (Lipinski definition) is 3. The molecule has 0 aliphatic rings. The highest BCUT2D eigenvalue weighted by Gasteiger charge is 2.17. The van der Waals surface area contributed by atoms with Crippen LogP contribution < -0.4 is 5.32 Å². The molecule has 1 aromatic rings. The van der Waals surface area contributed by atoms with Crippen LogP contribution in [0, 0.1) is 5.92 Å². The van der Waals surface area contributed by atoms with Gasteiger partial charge in [0.25, 0.3) is 5.91 Å². The van der Waals surface area contributed by atoms with Crippen LogP contribution in [0.3, 0.4) is 0 Å². The molecule has 3 N–H and O–H groups in total. The number of carbonyl (C=O) groups excluding carboxylic acids is 1. The number of carbonyl (C=O) groups is 1. The lowest BCUT2D eigenvalue weighted by atomic mass is 10.0. The Balaban J connectivity index is 2.76. The number of aromatic hydroxyl groups is 1. The summed E-state index contributed by atoms with van der Waals surface area (Å²) in [7, 11) is 0. The fourth-order valence-corrected chi connectivity index (χ4v) is 1.45. The molecule has 4 nitrogen and oxygen atoms in total. The average molecular weight is 258 g/mol. The molecule has 0 radical (unpaired) electrons. The minimum atomic E-state index is -0.382. The van der Waals surface area contributed by atoms with E-state index in [0.717, 1.165) is 0 Å². The predicted octanol–water partition coefficient (Wildman–Crippen LogP) is 1.79. The summed E-state index contributed by atoms with van der Waals surface area (Å²) in [6.45, 7) is 3.62. The zero-order valence-corrected chi connectivity index (χ0v) is 10.5. The smallest absolute Gasteiger partial charge is 0.255 e.